The lowest BCUT2D eigenvalue weighted by Gasteiger charge is -2.23. The van der Waals surface area contributed by atoms with Gasteiger partial charge in [-0.1, -0.05) is 19.8 Å². The number of rotatable bonds is 4. The van der Waals surface area contributed by atoms with Crippen molar-refractivity contribution in [2.24, 2.45) is 0 Å². The lowest BCUT2D eigenvalue weighted by atomic mass is 10.2. The molecule has 0 aromatic rings. The topological polar surface area (TPSA) is 61.2 Å². The Labute approximate surface area is 95.7 Å². The molecule has 6 heteroatoms. The summed E-state index contributed by atoms with van der Waals surface area (Å²) in [5, 5.41) is 8.83. The highest BCUT2D eigenvalue weighted by Crippen LogP contribution is 2.23. The van der Waals surface area contributed by atoms with Crippen LogP contribution in [-0.2, 0) is 9.84 Å². The van der Waals surface area contributed by atoms with Gasteiger partial charge in [-0.15, -0.1) is 11.6 Å². The van der Waals surface area contributed by atoms with Crippen LogP contribution in [0.25, 0.3) is 0 Å². The molecule has 4 nitrogen and oxygen atoms in total. The van der Waals surface area contributed by atoms with Crippen molar-refractivity contribution in [2.45, 2.75) is 37.7 Å². The van der Waals surface area contributed by atoms with Crippen LogP contribution in [-0.4, -0.2) is 36.5 Å². The van der Waals surface area contributed by atoms with E-state index < -0.39 is 15.9 Å². The van der Waals surface area contributed by atoms with Crippen LogP contribution in [0.15, 0.2) is 0 Å². The second-order valence-corrected chi connectivity index (χ2v) is 6.36. The Kier molecular flexibility index (Phi) is 4.38. The standard InChI is InChI=1S/C9H15ClN2O2S/c1-2-3-4-9(10)12-7-15(13,14)6-8(12)5-11/h8-9H,2-4,6-7H2,1H3. The largest absolute Gasteiger partial charge is 0.256 e. The van der Waals surface area contributed by atoms with Crippen molar-refractivity contribution in [3.8, 4) is 6.07 Å². The number of unbranched alkanes of at least 4 members (excludes halogenated alkanes) is 1. The summed E-state index contributed by atoms with van der Waals surface area (Å²) in [5.41, 5.74) is -0.341. The Morgan fingerprint density at radius 3 is 2.87 bits per heavy atom. The van der Waals surface area contributed by atoms with Crippen LogP contribution >= 0.6 is 11.6 Å². The van der Waals surface area contributed by atoms with E-state index in [9.17, 15) is 8.42 Å². The van der Waals surface area contributed by atoms with Gasteiger partial charge >= 0.3 is 0 Å². The van der Waals surface area contributed by atoms with Crippen molar-refractivity contribution >= 4 is 21.4 Å². The van der Waals surface area contributed by atoms with E-state index in [0.717, 1.165) is 19.3 Å². The molecule has 1 saturated heterocycles. The zero-order chi connectivity index (χ0) is 11.5. The zero-order valence-corrected chi connectivity index (χ0v) is 10.3. The van der Waals surface area contributed by atoms with Gasteiger partial charge in [0.2, 0.25) is 0 Å². The molecule has 2 unspecified atom stereocenters. The van der Waals surface area contributed by atoms with Crippen LogP contribution in [0, 0.1) is 11.3 Å². The molecular weight excluding hydrogens is 236 g/mol. The van der Waals surface area contributed by atoms with Gasteiger partial charge in [-0.2, -0.15) is 5.26 Å². The number of nitrogens with zero attached hydrogens (tertiary/aromatic N) is 2. The SMILES string of the molecule is CCCCC(Cl)N1CS(=O)(=O)CC1C#N. The van der Waals surface area contributed by atoms with Crippen molar-refractivity contribution in [3.05, 3.63) is 0 Å². The summed E-state index contributed by atoms with van der Waals surface area (Å²) in [5.74, 6) is -0.165. The summed E-state index contributed by atoms with van der Waals surface area (Å²) in [6.07, 6.45) is 2.69. The van der Waals surface area contributed by atoms with Gasteiger partial charge in [-0.05, 0) is 6.42 Å². The van der Waals surface area contributed by atoms with Crippen molar-refractivity contribution in [1.82, 2.24) is 4.90 Å². The maximum absolute atomic E-state index is 11.3. The molecule has 1 rings (SSSR count). The molecule has 0 N–H and O–H groups in total. The minimum Gasteiger partial charge on any atom is -0.256 e. The van der Waals surface area contributed by atoms with Gasteiger partial charge in [0, 0.05) is 0 Å². The average Bonchev–Trinajstić information content (AvgIpc) is 2.50. The number of sulfone groups is 1. The normalized spacial score (nSPS) is 27.4. The highest BCUT2D eigenvalue weighted by atomic mass is 35.5. The zero-order valence-electron chi connectivity index (χ0n) is 8.69. The Balaban J connectivity index is 2.65. The van der Waals surface area contributed by atoms with Crippen molar-refractivity contribution in [3.63, 3.8) is 0 Å². The third kappa shape index (κ3) is 3.33. The van der Waals surface area contributed by atoms with E-state index in [1.54, 1.807) is 4.90 Å². The number of alkyl halides is 1. The van der Waals surface area contributed by atoms with E-state index in [1.165, 1.54) is 0 Å². The van der Waals surface area contributed by atoms with Gasteiger partial charge in [0.15, 0.2) is 9.84 Å². The smallest absolute Gasteiger partial charge is 0.166 e. The minimum atomic E-state index is -3.11. The van der Waals surface area contributed by atoms with Crippen molar-refractivity contribution in [2.75, 3.05) is 11.6 Å². The van der Waals surface area contributed by atoms with E-state index >= 15 is 0 Å². The number of hydrogen-bond donors (Lipinski definition) is 0. The second kappa shape index (κ2) is 5.15. The summed E-state index contributed by atoms with van der Waals surface area (Å²) in [7, 11) is -3.11. The Hall–Kier alpha value is -0.310. The van der Waals surface area contributed by atoms with E-state index in [2.05, 4.69) is 0 Å². The van der Waals surface area contributed by atoms with Crippen LogP contribution in [0.2, 0.25) is 0 Å². The second-order valence-electron chi connectivity index (χ2n) is 3.78. The van der Waals surface area contributed by atoms with E-state index in [4.69, 9.17) is 16.9 Å². The molecule has 0 aliphatic carbocycles. The Morgan fingerprint density at radius 2 is 2.33 bits per heavy atom. The fourth-order valence-corrected chi connectivity index (χ4v) is 3.74. The Bertz CT molecular complexity index is 350. The molecule has 1 aliphatic rings. The fourth-order valence-electron chi connectivity index (χ4n) is 1.63. The summed E-state index contributed by atoms with van der Waals surface area (Å²) >= 11 is 6.08. The van der Waals surface area contributed by atoms with Gasteiger partial charge in [0.1, 0.15) is 11.9 Å². The first-order valence-corrected chi connectivity index (χ1v) is 7.26. The van der Waals surface area contributed by atoms with Gasteiger partial charge in [-0.3, -0.25) is 4.90 Å². The summed E-state index contributed by atoms with van der Waals surface area (Å²) in [4.78, 5) is 1.58. The summed E-state index contributed by atoms with van der Waals surface area (Å²) < 4.78 is 22.7. The van der Waals surface area contributed by atoms with Crippen LogP contribution in [0.1, 0.15) is 26.2 Å². The van der Waals surface area contributed by atoms with E-state index in [0.29, 0.717) is 0 Å². The van der Waals surface area contributed by atoms with Gasteiger partial charge < -0.3 is 0 Å². The predicted octanol–water partition coefficient (Wildman–Crippen LogP) is 1.32. The quantitative estimate of drug-likeness (QED) is 0.558. The average molecular weight is 251 g/mol. The molecule has 0 spiro atoms. The molecule has 15 heavy (non-hydrogen) atoms. The molecule has 0 aromatic heterocycles. The minimum absolute atomic E-state index is 0.0803. The lowest BCUT2D eigenvalue weighted by Crippen LogP contribution is -2.36. The number of hydrogen-bond acceptors (Lipinski definition) is 4. The maximum Gasteiger partial charge on any atom is 0.166 e. The lowest BCUT2D eigenvalue weighted by molar-refractivity contribution is 0.268. The molecule has 0 bridgehead atoms. The first kappa shape index (κ1) is 12.8. The molecule has 2 atom stereocenters. The third-order valence-corrected chi connectivity index (χ3v) is 4.45. The summed E-state index contributed by atoms with van der Waals surface area (Å²) in [6.45, 7) is 2.05. The van der Waals surface area contributed by atoms with Crippen LogP contribution < -0.4 is 0 Å². The molecule has 1 fully saturated rings. The number of halogens is 1. The Morgan fingerprint density at radius 1 is 1.67 bits per heavy atom. The van der Waals surface area contributed by atoms with Crippen molar-refractivity contribution in [1.29, 1.82) is 5.26 Å². The van der Waals surface area contributed by atoms with E-state index in [-0.39, 0.29) is 17.1 Å². The molecule has 0 saturated carbocycles. The van der Waals surface area contributed by atoms with Crippen molar-refractivity contribution < 1.29 is 8.42 Å². The number of nitriles is 1. The molecule has 86 valence electrons. The molecule has 1 heterocycles. The highest BCUT2D eigenvalue weighted by Gasteiger charge is 2.38. The van der Waals surface area contributed by atoms with Crippen LogP contribution in [0.5, 0.6) is 0 Å². The van der Waals surface area contributed by atoms with Gasteiger partial charge in [0.25, 0.3) is 0 Å². The molecule has 0 amide bonds. The third-order valence-electron chi connectivity index (χ3n) is 2.46. The maximum atomic E-state index is 11.3. The molecular formula is C9H15ClN2O2S. The van der Waals surface area contributed by atoms with Crippen LogP contribution in [0.3, 0.4) is 0 Å². The van der Waals surface area contributed by atoms with E-state index in [1.807, 2.05) is 13.0 Å². The first-order valence-electron chi connectivity index (χ1n) is 5.00. The van der Waals surface area contributed by atoms with Gasteiger partial charge in [0.05, 0.1) is 17.3 Å². The monoisotopic (exact) mass is 250 g/mol. The summed E-state index contributed by atoms with van der Waals surface area (Å²) in [6, 6.07) is 1.41. The van der Waals surface area contributed by atoms with Crippen LogP contribution in [0.4, 0.5) is 0 Å². The highest BCUT2D eigenvalue weighted by molar-refractivity contribution is 7.91. The predicted molar refractivity (Wildman–Crippen MR) is 59.1 cm³/mol. The first-order chi connectivity index (χ1) is 7.00. The van der Waals surface area contributed by atoms with Gasteiger partial charge in [-0.25, -0.2) is 8.42 Å². The molecule has 1 aliphatic heterocycles. The molecule has 0 aromatic carbocycles. The fraction of sp³-hybridized carbons (Fsp3) is 0.889. The molecule has 0 radical (unpaired) electrons.